The van der Waals surface area contributed by atoms with Gasteiger partial charge in [-0.15, -0.1) is 12.1 Å². The van der Waals surface area contributed by atoms with Crippen molar-refractivity contribution in [3.05, 3.63) is 29.8 Å². The number of ether oxygens (including phenoxy) is 2. The van der Waals surface area contributed by atoms with Crippen LogP contribution < -0.4 is 21.7 Å². The van der Waals surface area contributed by atoms with E-state index >= 15 is 0 Å². The standard InChI is InChI=1S/C12H17O2.BrH.Mg/c1-12(2,3)10-5-7-11(8-6-10)14-9-13-4;;/h5-7H,9H2,1-4H3;1H;/q-1;;+2/p-1. The molecule has 1 aromatic rings. The number of hydrogen-bond acceptors (Lipinski definition) is 2. The van der Waals surface area contributed by atoms with Gasteiger partial charge in [0.05, 0.1) is 0 Å². The Morgan fingerprint density at radius 1 is 1.25 bits per heavy atom. The maximum atomic E-state index is 5.25. The number of benzene rings is 1. The van der Waals surface area contributed by atoms with Crippen LogP contribution in [0.3, 0.4) is 0 Å². The first-order chi connectivity index (χ1) is 6.54. The Bertz CT molecular complexity index is 280. The minimum Gasteiger partial charge on any atom is -1.00 e. The molecule has 0 aliphatic carbocycles. The average Bonchev–Trinajstić information content (AvgIpc) is 2.14. The summed E-state index contributed by atoms with van der Waals surface area (Å²) in [5.74, 6) is 0.722. The van der Waals surface area contributed by atoms with Crippen molar-refractivity contribution in [3.63, 3.8) is 0 Å². The predicted molar refractivity (Wildman–Crippen MR) is 62.2 cm³/mol. The number of methoxy groups -OCH3 is 1. The van der Waals surface area contributed by atoms with Crippen molar-refractivity contribution < 1.29 is 26.5 Å². The minimum absolute atomic E-state index is 0. The summed E-state index contributed by atoms with van der Waals surface area (Å²) in [7, 11) is 1.60. The van der Waals surface area contributed by atoms with E-state index in [1.807, 2.05) is 12.1 Å². The van der Waals surface area contributed by atoms with Crippen LogP contribution in [-0.2, 0) is 10.2 Å². The zero-order valence-corrected chi connectivity index (χ0v) is 13.3. The number of hydrogen-bond donors (Lipinski definition) is 0. The zero-order chi connectivity index (χ0) is 10.6. The van der Waals surface area contributed by atoms with Gasteiger partial charge in [0.15, 0.2) is 6.79 Å². The summed E-state index contributed by atoms with van der Waals surface area (Å²) in [6, 6.07) is 9.01. The Morgan fingerprint density at radius 2 is 1.88 bits per heavy atom. The smallest absolute Gasteiger partial charge is 1.00 e. The van der Waals surface area contributed by atoms with Crippen LogP contribution in [0.5, 0.6) is 5.75 Å². The van der Waals surface area contributed by atoms with Crippen LogP contribution in [-0.4, -0.2) is 37.0 Å². The van der Waals surface area contributed by atoms with Gasteiger partial charge in [-0.05, 0) is 0 Å². The van der Waals surface area contributed by atoms with Crippen molar-refractivity contribution in [3.8, 4) is 5.75 Å². The first-order valence-corrected chi connectivity index (χ1v) is 4.68. The summed E-state index contributed by atoms with van der Waals surface area (Å²) in [6.07, 6.45) is 0. The van der Waals surface area contributed by atoms with Crippen LogP contribution in [0.2, 0.25) is 0 Å². The Hall–Kier alpha value is 0.226. The van der Waals surface area contributed by atoms with Crippen molar-refractivity contribution in [2.24, 2.45) is 0 Å². The molecular formula is C12H17BrMgO2. The Balaban J connectivity index is 0. The molecule has 0 N–H and O–H groups in total. The summed E-state index contributed by atoms with van der Waals surface area (Å²) >= 11 is 0. The van der Waals surface area contributed by atoms with Crippen LogP contribution in [0.25, 0.3) is 0 Å². The summed E-state index contributed by atoms with van der Waals surface area (Å²) < 4.78 is 10.0. The zero-order valence-electron chi connectivity index (χ0n) is 10.3. The van der Waals surface area contributed by atoms with Crippen molar-refractivity contribution >= 4 is 23.1 Å². The van der Waals surface area contributed by atoms with E-state index in [0.717, 1.165) is 5.75 Å². The van der Waals surface area contributed by atoms with Crippen LogP contribution >= 0.6 is 0 Å². The monoisotopic (exact) mass is 296 g/mol. The molecule has 0 saturated heterocycles. The van der Waals surface area contributed by atoms with Gasteiger partial charge in [-0.2, -0.15) is 17.7 Å². The Labute approximate surface area is 125 Å². The van der Waals surface area contributed by atoms with Crippen molar-refractivity contribution in [1.29, 1.82) is 0 Å². The van der Waals surface area contributed by atoms with Gasteiger partial charge in [0.25, 0.3) is 0 Å². The van der Waals surface area contributed by atoms with Gasteiger partial charge in [-0.25, -0.2) is 0 Å². The average molecular weight is 297 g/mol. The molecule has 0 aliphatic rings. The molecule has 0 heterocycles. The summed E-state index contributed by atoms with van der Waals surface area (Å²) in [5.41, 5.74) is 1.42. The summed E-state index contributed by atoms with van der Waals surface area (Å²) in [5, 5.41) is 0. The van der Waals surface area contributed by atoms with Crippen molar-refractivity contribution in [1.82, 2.24) is 0 Å². The molecule has 1 rings (SSSR count). The van der Waals surface area contributed by atoms with E-state index in [-0.39, 0.29) is 52.2 Å². The summed E-state index contributed by atoms with van der Waals surface area (Å²) in [4.78, 5) is 0. The third kappa shape index (κ3) is 6.08. The van der Waals surface area contributed by atoms with Crippen molar-refractivity contribution in [2.45, 2.75) is 26.2 Å². The van der Waals surface area contributed by atoms with E-state index in [4.69, 9.17) is 9.47 Å². The largest absolute Gasteiger partial charge is 2.00 e. The fraction of sp³-hybridized carbons (Fsp3) is 0.500. The molecule has 0 fully saturated rings. The topological polar surface area (TPSA) is 18.5 Å². The molecule has 0 aliphatic heterocycles. The molecule has 0 bridgehead atoms. The van der Waals surface area contributed by atoms with Gasteiger partial charge in [0, 0.05) is 12.9 Å². The molecule has 0 atom stereocenters. The van der Waals surface area contributed by atoms with Gasteiger partial charge in [0.2, 0.25) is 0 Å². The molecule has 0 aromatic heterocycles. The van der Waals surface area contributed by atoms with Crippen LogP contribution in [0.1, 0.15) is 26.3 Å². The van der Waals surface area contributed by atoms with Gasteiger partial charge in [-0.1, -0.05) is 26.2 Å². The minimum atomic E-state index is 0. The third-order valence-electron chi connectivity index (χ3n) is 1.98. The number of rotatable bonds is 3. The second kappa shape index (κ2) is 8.34. The molecule has 2 nitrogen and oxygen atoms in total. The molecule has 4 heteroatoms. The van der Waals surface area contributed by atoms with Crippen LogP contribution in [0.4, 0.5) is 0 Å². The Kier molecular flexibility index (Phi) is 9.68. The second-order valence-corrected chi connectivity index (χ2v) is 4.24. The molecule has 1 aromatic carbocycles. The maximum Gasteiger partial charge on any atom is 2.00 e. The van der Waals surface area contributed by atoms with Crippen LogP contribution in [0, 0.1) is 6.07 Å². The molecule has 0 unspecified atom stereocenters. The fourth-order valence-corrected chi connectivity index (χ4v) is 1.09. The van der Waals surface area contributed by atoms with Gasteiger partial charge >= 0.3 is 23.1 Å². The molecule has 0 spiro atoms. The van der Waals surface area contributed by atoms with E-state index < -0.39 is 0 Å². The fourth-order valence-electron chi connectivity index (χ4n) is 1.09. The first kappa shape index (κ1) is 18.6. The normalized spacial score (nSPS) is 10.0. The number of halogens is 1. The first-order valence-electron chi connectivity index (χ1n) is 4.68. The van der Waals surface area contributed by atoms with Crippen molar-refractivity contribution in [2.75, 3.05) is 13.9 Å². The molecule has 0 saturated carbocycles. The SMILES string of the molecule is COCOc1[c-]cc(C(C)(C)C)cc1.[Br-].[Mg+2]. The van der Waals surface area contributed by atoms with E-state index in [9.17, 15) is 0 Å². The maximum absolute atomic E-state index is 5.25. The van der Waals surface area contributed by atoms with Gasteiger partial charge in [0.1, 0.15) is 0 Å². The predicted octanol–water partition coefficient (Wildman–Crippen LogP) is -0.610. The third-order valence-corrected chi connectivity index (χ3v) is 1.98. The second-order valence-electron chi connectivity index (χ2n) is 4.24. The van der Waals surface area contributed by atoms with E-state index in [2.05, 4.69) is 32.9 Å². The van der Waals surface area contributed by atoms with Gasteiger partial charge in [-0.3, -0.25) is 0 Å². The van der Waals surface area contributed by atoms with E-state index in [0.29, 0.717) is 0 Å². The molecule has 0 radical (unpaired) electrons. The molecule has 16 heavy (non-hydrogen) atoms. The van der Waals surface area contributed by atoms with Gasteiger partial charge < -0.3 is 26.5 Å². The molecule has 86 valence electrons. The molecule has 0 amide bonds. The van der Waals surface area contributed by atoms with E-state index in [1.54, 1.807) is 7.11 Å². The molecular weight excluding hydrogens is 280 g/mol. The van der Waals surface area contributed by atoms with E-state index in [1.165, 1.54) is 5.56 Å². The summed E-state index contributed by atoms with van der Waals surface area (Å²) in [6.45, 7) is 6.79. The quantitative estimate of drug-likeness (QED) is 0.421. The Morgan fingerprint density at radius 3 is 2.25 bits per heavy atom. The van der Waals surface area contributed by atoms with Crippen LogP contribution in [0.15, 0.2) is 18.2 Å².